The van der Waals surface area contributed by atoms with Gasteiger partial charge in [0.25, 0.3) is 0 Å². The summed E-state index contributed by atoms with van der Waals surface area (Å²) in [5, 5.41) is 2.99. The summed E-state index contributed by atoms with van der Waals surface area (Å²) < 4.78 is 5.00. The van der Waals surface area contributed by atoms with Crippen molar-refractivity contribution in [2.24, 2.45) is 5.92 Å². The van der Waals surface area contributed by atoms with Crippen LogP contribution in [0, 0.1) is 5.92 Å². The minimum Gasteiger partial charge on any atom is -0.462 e. The molecule has 0 radical (unpaired) electrons. The number of benzene rings is 1. The fourth-order valence-electron chi connectivity index (χ4n) is 2.77. The van der Waals surface area contributed by atoms with Gasteiger partial charge in [-0.3, -0.25) is 0 Å². The Hall–Kier alpha value is -2.24. The number of esters is 1. The van der Waals surface area contributed by atoms with Gasteiger partial charge in [0.1, 0.15) is 0 Å². The van der Waals surface area contributed by atoms with Gasteiger partial charge in [0, 0.05) is 38.4 Å². The first-order valence-electron chi connectivity index (χ1n) is 9.06. The Labute approximate surface area is 150 Å². The molecular formula is C19H29N3O3. The smallest absolute Gasteiger partial charge is 0.338 e. The predicted molar refractivity (Wildman–Crippen MR) is 99.0 cm³/mol. The number of hydrogen-bond donors (Lipinski definition) is 1. The second kappa shape index (κ2) is 9.30. The number of nitrogens with one attached hydrogen (secondary N) is 1. The van der Waals surface area contributed by atoms with Gasteiger partial charge in [-0.1, -0.05) is 13.8 Å². The lowest BCUT2D eigenvalue weighted by Gasteiger charge is -2.36. The van der Waals surface area contributed by atoms with Gasteiger partial charge in [0.05, 0.1) is 12.2 Å². The number of nitrogens with zero attached hydrogens (tertiary/aromatic N) is 2. The number of ether oxygens (including phenoxy) is 1. The zero-order valence-electron chi connectivity index (χ0n) is 15.5. The number of carbonyl (C=O) groups is 2. The van der Waals surface area contributed by atoms with Crippen molar-refractivity contribution in [3.8, 4) is 0 Å². The molecule has 1 saturated heterocycles. The van der Waals surface area contributed by atoms with Crippen molar-refractivity contribution < 1.29 is 14.3 Å². The van der Waals surface area contributed by atoms with Crippen LogP contribution in [0.25, 0.3) is 0 Å². The Bertz CT molecular complexity index is 564. The molecule has 1 heterocycles. The van der Waals surface area contributed by atoms with E-state index in [0.717, 1.165) is 31.7 Å². The summed E-state index contributed by atoms with van der Waals surface area (Å²) in [5.41, 5.74) is 1.63. The van der Waals surface area contributed by atoms with Crippen LogP contribution in [0.5, 0.6) is 0 Å². The van der Waals surface area contributed by atoms with Gasteiger partial charge < -0.3 is 19.9 Å². The maximum absolute atomic E-state index is 12.1. The quantitative estimate of drug-likeness (QED) is 0.804. The van der Waals surface area contributed by atoms with Crippen LogP contribution in [0.2, 0.25) is 0 Å². The first-order valence-corrected chi connectivity index (χ1v) is 9.06. The van der Waals surface area contributed by atoms with Crippen molar-refractivity contribution >= 4 is 17.7 Å². The summed E-state index contributed by atoms with van der Waals surface area (Å²) in [4.78, 5) is 27.9. The molecular weight excluding hydrogens is 318 g/mol. The van der Waals surface area contributed by atoms with Gasteiger partial charge in [-0.15, -0.1) is 0 Å². The van der Waals surface area contributed by atoms with Gasteiger partial charge in [0.2, 0.25) is 0 Å². The number of amides is 2. The lowest BCUT2D eigenvalue weighted by molar-refractivity contribution is 0.0526. The molecule has 0 saturated carbocycles. The molecule has 25 heavy (non-hydrogen) atoms. The standard InChI is InChI=1S/C19H29N3O3/c1-4-25-18(23)16-5-7-17(8-6-16)21-11-13-22(14-12-21)19(24)20-10-9-15(2)3/h5-8,15H,4,9-14H2,1-3H3,(H,20,24). The molecule has 0 aliphatic carbocycles. The molecule has 1 aromatic carbocycles. The Balaban J connectivity index is 1.81. The van der Waals surface area contributed by atoms with Crippen LogP contribution in [0.15, 0.2) is 24.3 Å². The number of urea groups is 1. The average molecular weight is 347 g/mol. The largest absolute Gasteiger partial charge is 0.462 e. The molecule has 1 fully saturated rings. The molecule has 2 rings (SSSR count). The zero-order valence-corrected chi connectivity index (χ0v) is 15.5. The number of rotatable bonds is 6. The third-order valence-corrected chi connectivity index (χ3v) is 4.31. The van der Waals surface area contributed by atoms with Crippen molar-refractivity contribution in [3.05, 3.63) is 29.8 Å². The summed E-state index contributed by atoms with van der Waals surface area (Å²) in [6.45, 7) is 10.2. The van der Waals surface area contributed by atoms with E-state index in [0.29, 0.717) is 31.2 Å². The summed E-state index contributed by atoms with van der Waals surface area (Å²) in [5.74, 6) is 0.298. The molecule has 0 atom stereocenters. The second-order valence-corrected chi connectivity index (χ2v) is 6.66. The molecule has 6 nitrogen and oxygen atoms in total. The molecule has 1 aromatic rings. The monoisotopic (exact) mass is 347 g/mol. The van der Waals surface area contributed by atoms with Crippen LogP contribution in [-0.2, 0) is 4.74 Å². The van der Waals surface area contributed by atoms with Crippen molar-refractivity contribution in [2.45, 2.75) is 27.2 Å². The second-order valence-electron chi connectivity index (χ2n) is 6.66. The predicted octanol–water partition coefficient (Wildman–Crippen LogP) is 2.74. The highest BCUT2D eigenvalue weighted by Crippen LogP contribution is 2.18. The van der Waals surface area contributed by atoms with Gasteiger partial charge in [0.15, 0.2) is 0 Å². The third-order valence-electron chi connectivity index (χ3n) is 4.31. The van der Waals surface area contributed by atoms with Crippen molar-refractivity contribution in [1.82, 2.24) is 10.2 Å². The molecule has 1 N–H and O–H groups in total. The zero-order chi connectivity index (χ0) is 18.2. The van der Waals surface area contributed by atoms with E-state index in [-0.39, 0.29) is 12.0 Å². The molecule has 2 amide bonds. The Morgan fingerprint density at radius 1 is 1.12 bits per heavy atom. The minimum absolute atomic E-state index is 0.0259. The molecule has 138 valence electrons. The lowest BCUT2D eigenvalue weighted by Crippen LogP contribution is -2.52. The highest BCUT2D eigenvalue weighted by Gasteiger charge is 2.21. The molecule has 0 aromatic heterocycles. The Kier molecular flexibility index (Phi) is 7.10. The van der Waals surface area contributed by atoms with Crippen LogP contribution in [0.1, 0.15) is 37.6 Å². The summed E-state index contributed by atoms with van der Waals surface area (Å²) in [6.07, 6.45) is 0.999. The van der Waals surface area contributed by atoms with Gasteiger partial charge in [-0.2, -0.15) is 0 Å². The van der Waals surface area contributed by atoms with Crippen LogP contribution in [0.4, 0.5) is 10.5 Å². The van der Waals surface area contributed by atoms with Crippen LogP contribution in [-0.4, -0.2) is 56.2 Å². The molecule has 6 heteroatoms. The molecule has 1 aliphatic heterocycles. The van der Waals surface area contributed by atoms with E-state index in [2.05, 4.69) is 24.1 Å². The molecule has 1 aliphatic rings. The maximum atomic E-state index is 12.1. The first kappa shape index (κ1) is 19.1. The summed E-state index contributed by atoms with van der Waals surface area (Å²) >= 11 is 0. The molecule has 0 unspecified atom stereocenters. The van der Waals surface area contributed by atoms with E-state index in [1.165, 1.54) is 0 Å². The summed E-state index contributed by atoms with van der Waals surface area (Å²) in [7, 11) is 0. The van der Waals surface area contributed by atoms with Gasteiger partial charge in [-0.25, -0.2) is 9.59 Å². The highest BCUT2D eigenvalue weighted by atomic mass is 16.5. The van der Waals surface area contributed by atoms with Crippen LogP contribution < -0.4 is 10.2 Å². The van der Waals surface area contributed by atoms with Gasteiger partial charge in [-0.05, 0) is 43.5 Å². The molecule has 0 bridgehead atoms. The highest BCUT2D eigenvalue weighted by molar-refractivity contribution is 5.89. The fourth-order valence-corrected chi connectivity index (χ4v) is 2.77. The fraction of sp³-hybridized carbons (Fsp3) is 0.579. The average Bonchev–Trinajstić information content (AvgIpc) is 2.62. The minimum atomic E-state index is -0.295. The van der Waals surface area contributed by atoms with Crippen LogP contribution >= 0.6 is 0 Å². The van der Waals surface area contributed by atoms with Gasteiger partial charge >= 0.3 is 12.0 Å². The SMILES string of the molecule is CCOC(=O)c1ccc(N2CCN(C(=O)NCCC(C)C)CC2)cc1. The normalized spacial score (nSPS) is 14.6. The number of anilines is 1. The van der Waals surface area contributed by atoms with E-state index < -0.39 is 0 Å². The third kappa shape index (κ3) is 5.66. The summed E-state index contributed by atoms with van der Waals surface area (Å²) in [6, 6.07) is 7.48. The number of carbonyl (C=O) groups excluding carboxylic acids is 2. The Morgan fingerprint density at radius 3 is 2.32 bits per heavy atom. The molecule has 0 spiro atoms. The van der Waals surface area contributed by atoms with E-state index >= 15 is 0 Å². The topological polar surface area (TPSA) is 61.9 Å². The van der Waals surface area contributed by atoms with E-state index in [1.807, 2.05) is 17.0 Å². The Morgan fingerprint density at radius 2 is 1.76 bits per heavy atom. The first-order chi connectivity index (χ1) is 12.0. The number of hydrogen-bond acceptors (Lipinski definition) is 4. The van der Waals surface area contributed by atoms with Crippen LogP contribution in [0.3, 0.4) is 0 Å². The van der Waals surface area contributed by atoms with Crippen molar-refractivity contribution in [3.63, 3.8) is 0 Å². The van der Waals surface area contributed by atoms with Crippen molar-refractivity contribution in [2.75, 3.05) is 44.2 Å². The maximum Gasteiger partial charge on any atom is 0.338 e. The van der Waals surface area contributed by atoms with E-state index in [4.69, 9.17) is 4.74 Å². The number of piperazine rings is 1. The van der Waals surface area contributed by atoms with Crippen molar-refractivity contribution in [1.29, 1.82) is 0 Å². The lowest BCUT2D eigenvalue weighted by atomic mass is 10.1. The van der Waals surface area contributed by atoms with E-state index in [1.54, 1.807) is 19.1 Å². The van der Waals surface area contributed by atoms with E-state index in [9.17, 15) is 9.59 Å².